The van der Waals surface area contributed by atoms with Crippen LogP contribution in [0.15, 0.2) is 174 Å². The average Bonchev–Trinajstić information content (AvgIpc) is 3.87. The molecule has 0 saturated heterocycles. The van der Waals surface area contributed by atoms with Crippen LogP contribution in [0.5, 0.6) is 0 Å². The maximum absolute atomic E-state index is 6.39. The van der Waals surface area contributed by atoms with Crippen LogP contribution in [0.2, 0.25) is 0 Å². The van der Waals surface area contributed by atoms with Gasteiger partial charge in [0, 0.05) is 49.0 Å². The van der Waals surface area contributed by atoms with E-state index in [0.29, 0.717) is 17.5 Å². The van der Waals surface area contributed by atoms with Gasteiger partial charge in [-0.25, -0.2) is 15.0 Å². The minimum atomic E-state index is -0.231. The van der Waals surface area contributed by atoms with Gasteiger partial charge in [0.2, 0.25) is 0 Å². The summed E-state index contributed by atoms with van der Waals surface area (Å²) in [4.78, 5) is 15.2. The lowest BCUT2D eigenvalue weighted by atomic mass is 9.82. The molecular weight excluding hydrogens is 697 g/mol. The largest absolute Gasteiger partial charge is 0.456 e. The van der Waals surface area contributed by atoms with Crippen molar-refractivity contribution in [2.75, 3.05) is 0 Å². The summed E-state index contributed by atoms with van der Waals surface area (Å²) in [6, 6.07) is 60.0. The monoisotopic (exact) mass is 730 g/mol. The van der Waals surface area contributed by atoms with Gasteiger partial charge in [-0.1, -0.05) is 135 Å². The molecule has 0 amide bonds. The first-order valence-corrected chi connectivity index (χ1v) is 19.4. The molecule has 11 aromatic rings. The molecule has 0 N–H and O–H groups in total. The molecule has 0 bridgehead atoms. The normalized spacial score (nSPS) is 13.2. The highest BCUT2D eigenvalue weighted by molar-refractivity contribution is 6.14. The molecule has 1 aliphatic rings. The van der Waals surface area contributed by atoms with Crippen LogP contribution in [0.1, 0.15) is 25.0 Å². The number of furan rings is 1. The Labute approximate surface area is 328 Å². The van der Waals surface area contributed by atoms with Crippen LogP contribution in [-0.4, -0.2) is 19.5 Å². The zero-order chi connectivity index (χ0) is 37.8. The molecule has 268 valence electrons. The summed E-state index contributed by atoms with van der Waals surface area (Å²) < 4.78 is 8.84. The molecule has 5 heteroatoms. The average molecular weight is 731 g/mol. The summed E-state index contributed by atoms with van der Waals surface area (Å²) in [5.41, 5.74) is 13.1. The summed E-state index contributed by atoms with van der Waals surface area (Å²) in [5.74, 6) is 1.94. The molecular formula is C52H34N4O. The molecule has 0 unspecified atom stereocenters. The van der Waals surface area contributed by atoms with Gasteiger partial charge in [0.15, 0.2) is 17.5 Å². The predicted octanol–water partition coefficient (Wildman–Crippen LogP) is 13.3. The maximum atomic E-state index is 6.39. The number of fused-ring (bicyclic) bond motifs is 10. The second-order valence-electron chi connectivity index (χ2n) is 15.6. The van der Waals surface area contributed by atoms with E-state index >= 15 is 0 Å². The van der Waals surface area contributed by atoms with Gasteiger partial charge in [0.1, 0.15) is 11.2 Å². The highest BCUT2D eigenvalue weighted by atomic mass is 16.3. The number of benzene rings is 8. The molecule has 0 spiro atoms. The van der Waals surface area contributed by atoms with Gasteiger partial charge in [-0.2, -0.15) is 0 Å². The van der Waals surface area contributed by atoms with Gasteiger partial charge in [-0.3, -0.25) is 0 Å². The van der Waals surface area contributed by atoms with E-state index in [4.69, 9.17) is 19.4 Å². The first kappa shape index (κ1) is 31.9. The van der Waals surface area contributed by atoms with Crippen LogP contribution in [0.4, 0.5) is 0 Å². The number of hydrogen-bond acceptors (Lipinski definition) is 4. The van der Waals surface area contributed by atoms with Crippen molar-refractivity contribution in [2.24, 2.45) is 0 Å². The van der Waals surface area contributed by atoms with Crippen LogP contribution in [0.25, 0.3) is 105 Å². The van der Waals surface area contributed by atoms with Crippen LogP contribution < -0.4 is 0 Å². The van der Waals surface area contributed by atoms with Crippen molar-refractivity contribution in [3.63, 3.8) is 0 Å². The second-order valence-corrected chi connectivity index (χ2v) is 15.6. The van der Waals surface area contributed by atoms with E-state index in [1.807, 2.05) is 66.7 Å². The van der Waals surface area contributed by atoms with Crippen molar-refractivity contribution in [1.82, 2.24) is 19.5 Å². The minimum absolute atomic E-state index is 0.231. The molecule has 0 atom stereocenters. The molecule has 0 aliphatic heterocycles. The lowest BCUT2D eigenvalue weighted by Crippen LogP contribution is -2.15. The fourth-order valence-corrected chi connectivity index (χ4v) is 9.27. The van der Waals surface area contributed by atoms with E-state index in [1.54, 1.807) is 0 Å². The van der Waals surface area contributed by atoms with Crippen molar-refractivity contribution in [3.05, 3.63) is 181 Å². The third kappa shape index (κ3) is 4.66. The predicted molar refractivity (Wildman–Crippen MR) is 233 cm³/mol. The quantitative estimate of drug-likeness (QED) is 0.181. The topological polar surface area (TPSA) is 56.7 Å². The van der Waals surface area contributed by atoms with Crippen molar-refractivity contribution in [1.29, 1.82) is 0 Å². The number of rotatable bonds is 4. The van der Waals surface area contributed by atoms with Gasteiger partial charge >= 0.3 is 0 Å². The molecule has 0 saturated carbocycles. The third-order valence-corrected chi connectivity index (χ3v) is 12.0. The number of hydrogen-bond donors (Lipinski definition) is 0. The highest BCUT2D eigenvalue weighted by Gasteiger charge is 2.37. The number of para-hydroxylation sites is 2. The van der Waals surface area contributed by atoms with Crippen LogP contribution in [-0.2, 0) is 5.41 Å². The molecule has 0 radical (unpaired) electrons. The summed E-state index contributed by atoms with van der Waals surface area (Å²) in [5, 5.41) is 6.97. The SMILES string of the molecule is CC1(C)c2cc3oc4ccccc4c3cc2-c2cc3c4ccccc4n(-c4ccc(-c5nc(-c6ccccc6)nc(-c6ccccc6)n5)c5ccccc45)c3cc21. The van der Waals surface area contributed by atoms with Crippen LogP contribution >= 0.6 is 0 Å². The van der Waals surface area contributed by atoms with Gasteiger partial charge in [0.05, 0.1) is 16.7 Å². The zero-order valence-electron chi connectivity index (χ0n) is 31.4. The van der Waals surface area contributed by atoms with E-state index in [9.17, 15) is 0 Å². The van der Waals surface area contributed by atoms with Gasteiger partial charge in [-0.15, -0.1) is 0 Å². The Hall–Kier alpha value is -7.37. The van der Waals surface area contributed by atoms with E-state index < -0.39 is 0 Å². The lowest BCUT2D eigenvalue weighted by Gasteiger charge is -2.22. The van der Waals surface area contributed by atoms with Gasteiger partial charge < -0.3 is 8.98 Å². The Balaban J connectivity index is 1.09. The molecule has 0 fully saturated rings. The Morgan fingerprint density at radius 3 is 1.68 bits per heavy atom. The molecule has 3 heterocycles. The lowest BCUT2D eigenvalue weighted by molar-refractivity contribution is 0.647. The molecule has 1 aliphatic carbocycles. The standard InChI is InChI=1S/C52H34N4O/c1-52(2)42-29-46-40(27-38(42)39-28-41-36-22-12-14-24-47(36)57-48(41)30-43(39)52)35-21-11-13-23-44(35)56(46)45-26-25-37(33-19-9-10-20-34(33)45)51-54-49(31-15-5-3-6-16-31)53-50(55-51)32-17-7-4-8-18-32/h3-30H,1-2H3. The fourth-order valence-electron chi connectivity index (χ4n) is 9.27. The van der Waals surface area contributed by atoms with E-state index in [0.717, 1.165) is 55.1 Å². The minimum Gasteiger partial charge on any atom is -0.456 e. The van der Waals surface area contributed by atoms with Crippen LogP contribution in [0, 0.1) is 0 Å². The number of aromatic nitrogens is 4. The molecule has 8 aromatic carbocycles. The van der Waals surface area contributed by atoms with E-state index in [1.165, 1.54) is 44.1 Å². The second kappa shape index (κ2) is 11.8. The summed E-state index contributed by atoms with van der Waals surface area (Å²) in [7, 11) is 0. The third-order valence-electron chi connectivity index (χ3n) is 12.0. The zero-order valence-corrected chi connectivity index (χ0v) is 31.4. The fraction of sp³-hybridized carbons (Fsp3) is 0.0577. The van der Waals surface area contributed by atoms with Crippen molar-refractivity contribution in [2.45, 2.75) is 19.3 Å². The molecule has 12 rings (SSSR count). The highest BCUT2D eigenvalue weighted by Crippen LogP contribution is 2.53. The molecule has 57 heavy (non-hydrogen) atoms. The van der Waals surface area contributed by atoms with Gasteiger partial charge in [0.25, 0.3) is 0 Å². The molecule has 5 nitrogen and oxygen atoms in total. The summed E-state index contributed by atoms with van der Waals surface area (Å²) in [6.45, 7) is 4.69. The van der Waals surface area contributed by atoms with Crippen molar-refractivity contribution < 1.29 is 4.42 Å². The van der Waals surface area contributed by atoms with Crippen LogP contribution in [0.3, 0.4) is 0 Å². The smallest absolute Gasteiger partial charge is 0.164 e. The molecule has 3 aromatic heterocycles. The summed E-state index contributed by atoms with van der Waals surface area (Å²) in [6.07, 6.45) is 0. The Morgan fingerprint density at radius 1 is 0.404 bits per heavy atom. The Morgan fingerprint density at radius 2 is 0.965 bits per heavy atom. The van der Waals surface area contributed by atoms with E-state index in [-0.39, 0.29) is 5.41 Å². The van der Waals surface area contributed by atoms with Crippen molar-refractivity contribution in [3.8, 4) is 51.0 Å². The Kier molecular flexibility index (Phi) is 6.62. The van der Waals surface area contributed by atoms with Gasteiger partial charge in [-0.05, 0) is 76.2 Å². The number of nitrogens with zero attached hydrogens (tertiary/aromatic N) is 4. The first-order valence-electron chi connectivity index (χ1n) is 19.4. The Bertz CT molecular complexity index is 3370. The van der Waals surface area contributed by atoms with E-state index in [2.05, 4.69) is 122 Å². The maximum Gasteiger partial charge on any atom is 0.164 e. The first-order chi connectivity index (χ1) is 28.0. The van der Waals surface area contributed by atoms with Crippen molar-refractivity contribution >= 4 is 54.5 Å². The summed E-state index contributed by atoms with van der Waals surface area (Å²) >= 11 is 0.